The first-order chi connectivity index (χ1) is 9.45. The molecule has 1 aromatic rings. The third kappa shape index (κ3) is 2.76. The van der Waals surface area contributed by atoms with Crippen molar-refractivity contribution in [1.82, 2.24) is 0 Å². The monoisotopic (exact) mass is 316 g/mol. The van der Waals surface area contributed by atoms with Crippen LogP contribution in [0.25, 0.3) is 0 Å². The Bertz CT molecular complexity index is 569. The minimum Gasteiger partial charge on any atom is -0.495 e. The first-order valence-corrected chi connectivity index (χ1v) is 6.93. The van der Waals surface area contributed by atoms with Crippen molar-refractivity contribution in [2.45, 2.75) is 19.8 Å². The lowest BCUT2D eigenvalue weighted by Gasteiger charge is -2.08. The van der Waals surface area contributed by atoms with Crippen molar-refractivity contribution >= 4 is 35.0 Å². The Morgan fingerprint density at radius 3 is 2.70 bits per heavy atom. The van der Waals surface area contributed by atoms with Gasteiger partial charge in [0, 0.05) is 18.4 Å². The van der Waals surface area contributed by atoms with Crippen molar-refractivity contribution in [2.75, 3.05) is 13.7 Å². The molecule has 20 heavy (non-hydrogen) atoms. The molecule has 0 bridgehead atoms. The molecule has 108 valence electrons. The summed E-state index contributed by atoms with van der Waals surface area (Å²) in [6, 6.07) is 1.74. The topological polar surface area (TPSA) is 52.6 Å². The van der Waals surface area contributed by atoms with Gasteiger partial charge in [-0.15, -0.1) is 0 Å². The van der Waals surface area contributed by atoms with Crippen molar-refractivity contribution < 1.29 is 19.1 Å². The highest BCUT2D eigenvalue weighted by Crippen LogP contribution is 2.42. The summed E-state index contributed by atoms with van der Waals surface area (Å²) >= 11 is 12.2. The minimum absolute atomic E-state index is 0.0540. The number of ketones is 1. The normalized spacial score (nSPS) is 17.0. The number of methoxy groups -OCH3 is 1. The standard InChI is InChI=1S/C14H14Cl2O4/c1-7(17)20-4-3-8-5-9-6-10(19-2)12(15)13(16)11(9)14(8)18/h6,8H,3-5H2,1-2H3. The number of halogens is 2. The number of Topliss-reactive ketones (excluding diaryl/α,β-unsaturated/α-hetero) is 1. The number of ether oxygens (including phenoxy) is 2. The third-order valence-corrected chi connectivity index (χ3v) is 4.18. The highest BCUT2D eigenvalue weighted by atomic mass is 35.5. The molecule has 1 unspecified atom stereocenters. The predicted octanol–water partition coefficient (Wildman–Crippen LogP) is 3.31. The molecule has 2 rings (SSSR count). The highest BCUT2D eigenvalue weighted by molar-refractivity contribution is 6.45. The second-order valence-corrected chi connectivity index (χ2v) is 5.39. The Kier molecular flexibility index (Phi) is 4.55. The summed E-state index contributed by atoms with van der Waals surface area (Å²) in [6.07, 6.45) is 1.03. The van der Waals surface area contributed by atoms with E-state index in [9.17, 15) is 9.59 Å². The molecule has 0 radical (unpaired) electrons. The maximum atomic E-state index is 12.3. The summed E-state index contributed by atoms with van der Waals surface area (Å²) in [5.74, 6) is -0.175. The Morgan fingerprint density at radius 1 is 1.40 bits per heavy atom. The minimum atomic E-state index is -0.351. The summed E-state index contributed by atoms with van der Waals surface area (Å²) in [4.78, 5) is 23.1. The number of rotatable bonds is 4. The maximum absolute atomic E-state index is 12.3. The smallest absolute Gasteiger partial charge is 0.302 e. The fourth-order valence-corrected chi connectivity index (χ4v) is 2.90. The molecule has 0 saturated heterocycles. The van der Waals surface area contributed by atoms with E-state index in [1.165, 1.54) is 14.0 Å². The predicted molar refractivity (Wildman–Crippen MR) is 75.8 cm³/mol. The fourth-order valence-electron chi connectivity index (χ4n) is 2.37. The van der Waals surface area contributed by atoms with Crippen LogP contribution in [0, 0.1) is 5.92 Å². The van der Waals surface area contributed by atoms with Crippen molar-refractivity contribution in [3.05, 3.63) is 27.2 Å². The molecule has 1 aliphatic rings. The van der Waals surface area contributed by atoms with Crippen LogP contribution in [0.5, 0.6) is 5.75 Å². The van der Waals surface area contributed by atoms with Gasteiger partial charge in [0.2, 0.25) is 0 Å². The van der Waals surface area contributed by atoms with Crippen molar-refractivity contribution in [3.8, 4) is 5.75 Å². The Morgan fingerprint density at radius 2 is 2.10 bits per heavy atom. The number of carbonyl (C=O) groups excluding carboxylic acids is 2. The van der Waals surface area contributed by atoms with E-state index in [0.29, 0.717) is 24.2 Å². The number of hydrogen-bond acceptors (Lipinski definition) is 4. The molecule has 1 aliphatic carbocycles. The van der Waals surface area contributed by atoms with E-state index in [1.807, 2.05) is 0 Å². The van der Waals surface area contributed by atoms with Crippen LogP contribution in [0.2, 0.25) is 10.0 Å². The lowest BCUT2D eigenvalue weighted by molar-refractivity contribution is -0.141. The lowest BCUT2D eigenvalue weighted by atomic mass is 10.0. The molecule has 0 heterocycles. The van der Waals surface area contributed by atoms with Crippen LogP contribution in [-0.2, 0) is 16.0 Å². The zero-order valence-electron chi connectivity index (χ0n) is 11.2. The largest absolute Gasteiger partial charge is 0.495 e. The maximum Gasteiger partial charge on any atom is 0.302 e. The van der Waals surface area contributed by atoms with Gasteiger partial charge < -0.3 is 9.47 Å². The number of esters is 1. The van der Waals surface area contributed by atoms with Crippen LogP contribution >= 0.6 is 23.2 Å². The average molecular weight is 317 g/mol. The van der Waals surface area contributed by atoms with Gasteiger partial charge in [-0.05, 0) is 24.5 Å². The van der Waals surface area contributed by atoms with Crippen molar-refractivity contribution in [3.63, 3.8) is 0 Å². The Labute approximate surface area is 127 Å². The first-order valence-electron chi connectivity index (χ1n) is 6.18. The summed E-state index contributed by atoms with van der Waals surface area (Å²) in [5.41, 5.74) is 1.29. The van der Waals surface area contributed by atoms with E-state index < -0.39 is 0 Å². The zero-order chi connectivity index (χ0) is 14.9. The van der Waals surface area contributed by atoms with Crippen LogP contribution in [0.1, 0.15) is 29.3 Å². The first kappa shape index (κ1) is 15.1. The van der Waals surface area contributed by atoms with Gasteiger partial charge in [-0.2, -0.15) is 0 Å². The molecule has 1 aromatic carbocycles. The third-order valence-electron chi connectivity index (χ3n) is 3.33. The van der Waals surface area contributed by atoms with E-state index in [2.05, 4.69) is 0 Å². The molecule has 0 saturated carbocycles. The molecule has 0 N–H and O–H groups in total. The summed E-state index contributed by atoms with van der Waals surface area (Å²) in [5, 5.41) is 0.489. The lowest BCUT2D eigenvalue weighted by Crippen LogP contribution is -2.13. The molecule has 4 nitrogen and oxygen atoms in total. The van der Waals surface area contributed by atoms with Crippen LogP contribution in [0.3, 0.4) is 0 Å². The second-order valence-electron chi connectivity index (χ2n) is 4.63. The van der Waals surface area contributed by atoms with Gasteiger partial charge in [0.15, 0.2) is 5.78 Å². The molecule has 0 aromatic heterocycles. The van der Waals surface area contributed by atoms with Gasteiger partial charge in [-0.3, -0.25) is 9.59 Å². The molecule has 0 fully saturated rings. The van der Waals surface area contributed by atoms with Gasteiger partial charge >= 0.3 is 5.97 Å². The molecular weight excluding hydrogens is 303 g/mol. The van der Waals surface area contributed by atoms with E-state index in [0.717, 1.165) is 5.56 Å². The number of fused-ring (bicyclic) bond motifs is 1. The Hall–Kier alpha value is -1.26. The average Bonchev–Trinajstić information content (AvgIpc) is 2.70. The van der Waals surface area contributed by atoms with E-state index in [1.54, 1.807) is 6.07 Å². The van der Waals surface area contributed by atoms with Gasteiger partial charge in [-0.25, -0.2) is 0 Å². The molecule has 0 aliphatic heterocycles. The highest BCUT2D eigenvalue weighted by Gasteiger charge is 2.34. The zero-order valence-corrected chi connectivity index (χ0v) is 12.7. The summed E-state index contributed by atoms with van der Waals surface area (Å²) < 4.78 is 10.0. The van der Waals surface area contributed by atoms with Crippen LogP contribution in [0.15, 0.2) is 6.07 Å². The van der Waals surface area contributed by atoms with Gasteiger partial charge in [-0.1, -0.05) is 23.2 Å². The quantitative estimate of drug-likeness (QED) is 0.800. The van der Waals surface area contributed by atoms with Gasteiger partial charge in [0.05, 0.1) is 18.7 Å². The van der Waals surface area contributed by atoms with Gasteiger partial charge in [0.1, 0.15) is 10.8 Å². The van der Waals surface area contributed by atoms with Crippen LogP contribution in [0.4, 0.5) is 0 Å². The number of benzene rings is 1. The SMILES string of the molecule is COc1cc2c(c(Cl)c1Cl)C(=O)C(CCOC(C)=O)C2. The molecule has 1 atom stereocenters. The van der Waals surface area contributed by atoms with E-state index in [4.69, 9.17) is 32.7 Å². The fraction of sp³-hybridized carbons (Fsp3) is 0.429. The Balaban J connectivity index is 2.20. The number of carbonyl (C=O) groups is 2. The second kappa shape index (κ2) is 6.02. The van der Waals surface area contributed by atoms with E-state index >= 15 is 0 Å². The van der Waals surface area contributed by atoms with E-state index in [-0.39, 0.29) is 34.3 Å². The summed E-state index contributed by atoms with van der Waals surface area (Å²) in [7, 11) is 1.50. The molecule has 0 spiro atoms. The van der Waals surface area contributed by atoms with Crippen molar-refractivity contribution in [1.29, 1.82) is 0 Å². The molecular formula is C14H14Cl2O4. The van der Waals surface area contributed by atoms with Crippen LogP contribution in [-0.4, -0.2) is 25.5 Å². The number of hydrogen-bond donors (Lipinski definition) is 0. The van der Waals surface area contributed by atoms with Crippen LogP contribution < -0.4 is 4.74 Å². The van der Waals surface area contributed by atoms with Crippen molar-refractivity contribution in [2.24, 2.45) is 5.92 Å². The molecule has 0 amide bonds. The summed E-state index contributed by atoms with van der Waals surface area (Å²) in [6.45, 7) is 1.56. The van der Waals surface area contributed by atoms with Gasteiger partial charge in [0.25, 0.3) is 0 Å². The molecule has 6 heteroatoms.